The molecule has 5 heteroatoms. The van der Waals surface area contributed by atoms with Crippen LogP contribution in [0.4, 0.5) is 11.4 Å². The third-order valence-corrected chi connectivity index (χ3v) is 5.30. The largest absolute Gasteiger partial charge is 0.371 e. The molecule has 0 aliphatic carbocycles. The minimum Gasteiger partial charge on any atom is -0.371 e. The molecule has 2 aromatic rings. The van der Waals surface area contributed by atoms with Crippen molar-refractivity contribution in [2.24, 2.45) is 0 Å². The second-order valence-electron chi connectivity index (χ2n) is 5.66. The first-order valence-electron chi connectivity index (χ1n) is 7.49. The Hall–Kier alpha value is -2.01. The van der Waals surface area contributed by atoms with Crippen molar-refractivity contribution >= 4 is 21.4 Å². The van der Waals surface area contributed by atoms with Crippen LogP contribution in [0, 0.1) is 6.92 Å². The third-order valence-electron chi connectivity index (χ3n) is 3.90. The Bertz CT molecular complexity index is 748. The summed E-state index contributed by atoms with van der Waals surface area (Å²) in [5.41, 5.74) is 2.71. The minimum atomic E-state index is -3.54. The van der Waals surface area contributed by atoms with E-state index in [2.05, 4.69) is 9.62 Å². The van der Waals surface area contributed by atoms with Gasteiger partial charge >= 0.3 is 0 Å². The molecule has 1 heterocycles. The van der Waals surface area contributed by atoms with E-state index in [-0.39, 0.29) is 4.90 Å². The van der Waals surface area contributed by atoms with Crippen molar-refractivity contribution in [1.82, 2.24) is 0 Å². The molecule has 4 nitrogen and oxygen atoms in total. The Kier molecular flexibility index (Phi) is 4.07. The molecule has 0 atom stereocenters. The zero-order valence-electron chi connectivity index (χ0n) is 12.6. The van der Waals surface area contributed by atoms with Gasteiger partial charge in [-0.3, -0.25) is 4.72 Å². The van der Waals surface area contributed by atoms with E-state index in [0.717, 1.165) is 24.3 Å². The Morgan fingerprint density at radius 2 is 1.68 bits per heavy atom. The topological polar surface area (TPSA) is 49.4 Å². The van der Waals surface area contributed by atoms with Gasteiger partial charge < -0.3 is 4.90 Å². The average Bonchev–Trinajstić information content (AvgIpc) is 3.02. The van der Waals surface area contributed by atoms with Crippen molar-refractivity contribution in [2.75, 3.05) is 22.7 Å². The van der Waals surface area contributed by atoms with Gasteiger partial charge in [0.1, 0.15) is 0 Å². The van der Waals surface area contributed by atoms with Gasteiger partial charge in [0.25, 0.3) is 10.0 Å². The molecule has 0 bridgehead atoms. The first kappa shape index (κ1) is 14.9. The molecule has 0 amide bonds. The highest BCUT2D eigenvalue weighted by Crippen LogP contribution is 2.25. The molecule has 0 spiro atoms. The fourth-order valence-corrected chi connectivity index (χ4v) is 3.72. The van der Waals surface area contributed by atoms with Crippen LogP contribution >= 0.6 is 0 Å². The normalized spacial score (nSPS) is 15.0. The van der Waals surface area contributed by atoms with E-state index in [1.54, 1.807) is 30.3 Å². The standard InChI is InChI=1S/C17H20N2O2S/c1-14-7-9-17(10-8-14)22(20,21)18-15-5-4-6-16(13-15)19-11-2-3-12-19/h4-10,13,18H,2-3,11-12H2,1H3. The lowest BCUT2D eigenvalue weighted by molar-refractivity contribution is 0.601. The van der Waals surface area contributed by atoms with Crippen LogP contribution in [-0.2, 0) is 10.0 Å². The van der Waals surface area contributed by atoms with Gasteiger partial charge in [0, 0.05) is 18.8 Å². The number of nitrogens with zero attached hydrogens (tertiary/aromatic N) is 1. The summed E-state index contributed by atoms with van der Waals surface area (Å²) in [5, 5.41) is 0. The summed E-state index contributed by atoms with van der Waals surface area (Å²) in [5.74, 6) is 0. The van der Waals surface area contributed by atoms with Crippen molar-refractivity contribution in [1.29, 1.82) is 0 Å². The molecule has 0 unspecified atom stereocenters. The quantitative estimate of drug-likeness (QED) is 0.940. The Morgan fingerprint density at radius 3 is 2.36 bits per heavy atom. The first-order chi connectivity index (χ1) is 10.5. The van der Waals surface area contributed by atoms with Crippen LogP contribution in [0.1, 0.15) is 18.4 Å². The zero-order valence-corrected chi connectivity index (χ0v) is 13.4. The van der Waals surface area contributed by atoms with Crippen LogP contribution in [-0.4, -0.2) is 21.5 Å². The molecular weight excluding hydrogens is 296 g/mol. The van der Waals surface area contributed by atoms with E-state index in [4.69, 9.17) is 0 Å². The predicted octanol–water partition coefficient (Wildman–Crippen LogP) is 3.40. The highest BCUT2D eigenvalue weighted by atomic mass is 32.2. The predicted molar refractivity (Wildman–Crippen MR) is 89.9 cm³/mol. The van der Waals surface area contributed by atoms with Crippen molar-refractivity contribution in [2.45, 2.75) is 24.7 Å². The van der Waals surface area contributed by atoms with E-state index in [1.165, 1.54) is 12.8 Å². The van der Waals surface area contributed by atoms with Crippen molar-refractivity contribution in [3.8, 4) is 0 Å². The summed E-state index contributed by atoms with van der Waals surface area (Å²) in [7, 11) is -3.54. The lowest BCUT2D eigenvalue weighted by atomic mass is 10.2. The number of hydrogen-bond donors (Lipinski definition) is 1. The lowest BCUT2D eigenvalue weighted by Gasteiger charge is -2.18. The molecule has 1 fully saturated rings. The molecule has 1 N–H and O–H groups in total. The maximum Gasteiger partial charge on any atom is 0.261 e. The maximum atomic E-state index is 12.4. The minimum absolute atomic E-state index is 0.282. The molecular formula is C17H20N2O2S. The van der Waals surface area contributed by atoms with E-state index in [9.17, 15) is 8.42 Å². The van der Waals surface area contributed by atoms with Crippen molar-refractivity contribution in [3.05, 3.63) is 54.1 Å². The number of rotatable bonds is 4. The van der Waals surface area contributed by atoms with Crippen LogP contribution in [0.2, 0.25) is 0 Å². The van der Waals surface area contributed by atoms with E-state index in [0.29, 0.717) is 5.69 Å². The van der Waals surface area contributed by atoms with Gasteiger partial charge in [-0.15, -0.1) is 0 Å². The molecule has 0 saturated carbocycles. The Labute approximate surface area is 131 Å². The molecule has 116 valence electrons. The number of hydrogen-bond acceptors (Lipinski definition) is 3. The highest BCUT2D eigenvalue weighted by molar-refractivity contribution is 7.92. The molecule has 1 aliphatic rings. The fourth-order valence-electron chi connectivity index (χ4n) is 2.67. The third kappa shape index (κ3) is 3.25. The van der Waals surface area contributed by atoms with Crippen molar-refractivity contribution in [3.63, 3.8) is 0 Å². The average molecular weight is 316 g/mol. The van der Waals surface area contributed by atoms with Gasteiger partial charge in [0.2, 0.25) is 0 Å². The van der Waals surface area contributed by atoms with Gasteiger partial charge in [0.05, 0.1) is 10.6 Å². The number of aryl methyl sites for hydroxylation is 1. The fraction of sp³-hybridized carbons (Fsp3) is 0.294. The number of nitrogens with one attached hydrogen (secondary N) is 1. The molecule has 22 heavy (non-hydrogen) atoms. The van der Waals surface area contributed by atoms with Crippen LogP contribution in [0.25, 0.3) is 0 Å². The van der Waals surface area contributed by atoms with Gasteiger partial charge in [-0.2, -0.15) is 0 Å². The van der Waals surface area contributed by atoms with Crippen LogP contribution < -0.4 is 9.62 Å². The SMILES string of the molecule is Cc1ccc(S(=O)(=O)Nc2cccc(N3CCCC3)c2)cc1. The van der Waals surface area contributed by atoms with Gasteiger partial charge in [0.15, 0.2) is 0 Å². The second-order valence-corrected chi connectivity index (χ2v) is 7.35. The smallest absolute Gasteiger partial charge is 0.261 e. The van der Waals surface area contributed by atoms with Crippen LogP contribution in [0.3, 0.4) is 0 Å². The monoisotopic (exact) mass is 316 g/mol. The van der Waals surface area contributed by atoms with Crippen LogP contribution in [0.5, 0.6) is 0 Å². The van der Waals surface area contributed by atoms with Crippen LogP contribution in [0.15, 0.2) is 53.4 Å². The molecule has 2 aromatic carbocycles. The summed E-state index contributed by atoms with van der Waals surface area (Å²) in [6.07, 6.45) is 2.39. The summed E-state index contributed by atoms with van der Waals surface area (Å²) in [4.78, 5) is 2.56. The Balaban J connectivity index is 1.82. The van der Waals surface area contributed by atoms with Gasteiger partial charge in [-0.05, 0) is 50.1 Å². The van der Waals surface area contributed by atoms with Crippen molar-refractivity contribution < 1.29 is 8.42 Å². The van der Waals surface area contributed by atoms with E-state index < -0.39 is 10.0 Å². The summed E-state index contributed by atoms with van der Waals surface area (Å²) in [6, 6.07) is 14.5. The molecule has 3 rings (SSSR count). The summed E-state index contributed by atoms with van der Waals surface area (Å²) >= 11 is 0. The van der Waals surface area contributed by atoms with E-state index in [1.807, 2.05) is 25.1 Å². The maximum absolute atomic E-state index is 12.4. The second kappa shape index (κ2) is 6.01. The number of benzene rings is 2. The molecule has 0 radical (unpaired) electrons. The van der Waals surface area contributed by atoms with Gasteiger partial charge in [-0.1, -0.05) is 23.8 Å². The number of sulfonamides is 1. The summed E-state index contributed by atoms with van der Waals surface area (Å²) < 4.78 is 27.5. The zero-order chi connectivity index (χ0) is 15.6. The highest BCUT2D eigenvalue weighted by Gasteiger charge is 2.16. The molecule has 0 aromatic heterocycles. The van der Waals surface area contributed by atoms with Gasteiger partial charge in [-0.25, -0.2) is 8.42 Å². The summed E-state index contributed by atoms with van der Waals surface area (Å²) in [6.45, 7) is 4.01. The Morgan fingerprint density at radius 1 is 1.00 bits per heavy atom. The molecule has 1 saturated heterocycles. The number of anilines is 2. The van der Waals surface area contributed by atoms with E-state index >= 15 is 0 Å². The first-order valence-corrected chi connectivity index (χ1v) is 8.97. The molecule has 1 aliphatic heterocycles. The lowest BCUT2D eigenvalue weighted by Crippen LogP contribution is -2.18.